The zero-order valence-electron chi connectivity index (χ0n) is 17.1. The number of benzene rings is 1. The van der Waals surface area contributed by atoms with Crippen molar-refractivity contribution in [2.24, 2.45) is 0 Å². The average molecular weight is 447 g/mol. The Kier molecular flexibility index (Phi) is 7.67. The molecule has 0 saturated carbocycles. The number of nitrogens with zero attached hydrogens (tertiary/aromatic N) is 1. The fourth-order valence-electron chi connectivity index (χ4n) is 3.76. The fraction of sp³-hybridized carbons (Fsp3) is 0.476. The van der Waals surface area contributed by atoms with E-state index in [2.05, 4.69) is 28.6 Å². The Morgan fingerprint density at radius 1 is 1.10 bits per heavy atom. The van der Waals surface area contributed by atoms with E-state index < -0.39 is 29.7 Å². The van der Waals surface area contributed by atoms with Crippen molar-refractivity contribution < 1.29 is 24.0 Å². The first-order valence-corrected chi connectivity index (χ1v) is 11.0. The number of rotatable bonds is 10. The number of imide groups is 2. The molecule has 1 atom stereocenters. The Hall–Kier alpha value is -2.88. The van der Waals surface area contributed by atoms with Gasteiger partial charge >= 0.3 is 0 Å². The fourth-order valence-corrected chi connectivity index (χ4v) is 3.87. The second kappa shape index (κ2) is 10.4. The van der Waals surface area contributed by atoms with Crippen LogP contribution in [0.4, 0.5) is 5.69 Å². The van der Waals surface area contributed by atoms with Crippen LogP contribution in [0.2, 0.25) is 0 Å². The van der Waals surface area contributed by atoms with Crippen molar-refractivity contribution in [1.29, 1.82) is 0 Å². The lowest BCUT2D eigenvalue weighted by Gasteiger charge is -2.27. The second-order valence-electron chi connectivity index (χ2n) is 7.49. The summed E-state index contributed by atoms with van der Waals surface area (Å²) in [6, 6.07) is 4.00. The first kappa shape index (κ1) is 22.8. The molecule has 5 amide bonds. The van der Waals surface area contributed by atoms with E-state index in [9.17, 15) is 24.0 Å². The summed E-state index contributed by atoms with van der Waals surface area (Å²) >= 11 is 4.05. The molecule has 166 valence electrons. The van der Waals surface area contributed by atoms with E-state index in [1.54, 1.807) is 18.2 Å². The van der Waals surface area contributed by atoms with Gasteiger partial charge in [0.1, 0.15) is 6.04 Å². The molecule has 3 N–H and O–H groups in total. The second-order valence-corrected chi connectivity index (χ2v) is 7.93. The highest BCUT2D eigenvalue weighted by Gasteiger charge is 2.45. The minimum absolute atomic E-state index is 0.0144. The number of piperidine rings is 1. The monoisotopic (exact) mass is 446 g/mol. The van der Waals surface area contributed by atoms with Gasteiger partial charge in [-0.25, -0.2) is 0 Å². The van der Waals surface area contributed by atoms with Crippen molar-refractivity contribution in [3.63, 3.8) is 0 Å². The lowest BCUT2D eigenvalue weighted by atomic mass is 10.0. The number of carbonyl (C=O) groups excluding carboxylic acids is 5. The van der Waals surface area contributed by atoms with Crippen LogP contribution in [-0.4, -0.2) is 59.3 Å². The Morgan fingerprint density at radius 2 is 1.90 bits per heavy atom. The molecule has 31 heavy (non-hydrogen) atoms. The van der Waals surface area contributed by atoms with Crippen molar-refractivity contribution >= 4 is 47.9 Å². The Balaban J connectivity index is 1.56. The number of unbranched alkanes of at least 4 members (excludes halogenated alkanes) is 2. The largest absolute Gasteiger partial charge is 0.384 e. The normalized spacial score (nSPS) is 18.1. The van der Waals surface area contributed by atoms with Gasteiger partial charge in [-0.3, -0.25) is 34.2 Å². The van der Waals surface area contributed by atoms with Gasteiger partial charge in [0.2, 0.25) is 17.7 Å². The molecule has 1 aromatic rings. The topological polar surface area (TPSA) is 125 Å². The number of carbonyl (C=O) groups is 5. The van der Waals surface area contributed by atoms with Crippen LogP contribution in [0.25, 0.3) is 0 Å². The molecule has 2 aliphatic heterocycles. The number of hydrogen-bond donors (Lipinski definition) is 4. The molecule has 9 nitrogen and oxygen atoms in total. The predicted molar refractivity (Wildman–Crippen MR) is 117 cm³/mol. The number of nitrogens with one attached hydrogen (secondary N) is 3. The summed E-state index contributed by atoms with van der Waals surface area (Å²) < 4.78 is 0. The van der Waals surface area contributed by atoms with E-state index in [1.807, 2.05) is 0 Å². The number of thiol groups is 1. The van der Waals surface area contributed by atoms with E-state index in [1.165, 1.54) is 0 Å². The molecular weight excluding hydrogens is 420 g/mol. The molecule has 0 bridgehead atoms. The van der Waals surface area contributed by atoms with E-state index >= 15 is 0 Å². The highest BCUT2D eigenvalue weighted by molar-refractivity contribution is 7.80. The van der Waals surface area contributed by atoms with Crippen molar-refractivity contribution in [2.75, 3.05) is 24.2 Å². The zero-order valence-corrected chi connectivity index (χ0v) is 18.0. The van der Waals surface area contributed by atoms with E-state index in [4.69, 9.17) is 0 Å². The quantitative estimate of drug-likeness (QED) is 0.242. The SMILES string of the molecule is O=C(CCCCCNc1cccc2c1C(=O)N(C1CCC(=O)NC1=O)C2=O)NCCS. The smallest absolute Gasteiger partial charge is 0.264 e. The molecule has 3 rings (SSSR count). The molecular formula is C21H26N4O5S. The summed E-state index contributed by atoms with van der Waals surface area (Å²) in [6.45, 7) is 1.14. The maximum Gasteiger partial charge on any atom is 0.264 e. The van der Waals surface area contributed by atoms with Crippen LogP contribution >= 0.6 is 12.6 Å². The standard InChI is InChI=1S/C21H26N4O5S/c26-16(23-11-12-31)7-2-1-3-10-22-14-6-4-5-13-18(14)21(30)25(20(13)29)15-8-9-17(27)24-19(15)28/h4-6,15,22,31H,1-3,7-12H2,(H,23,26)(H,24,27,28). The number of hydrogen-bond acceptors (Lipinski definition) is 7. The number of fused-ring (bicyclic) bond motifs is 1. The number of amides is 5. The van der Waals surface area contributed by atoms with Gasteiger partial charge in [0.05, 0.1) is 11.1 Å². The van der Waals surface area contributed by atoms with Crippen LogP contribution in [0.3, 0.4) is 0 Å². The van der Waals surface area contributed by atoms with Crippen molar-refractivity contribution in [3.05, 3.63) is 29.3 Å². The van der Waals surface area contributed by atoms with Gasteiger partial charge in [-0.1, -0.05) is 12.5 Å². The summed E-state index contributed by atoms with van der Waals surface area (Å²) in [5.74, 6) is -1.46. The van der Waals surface area contributed by atoms with Crippen LogP contribution in [0.5, 0.6) is 0 Å². The molecule has 0 aliphatic carbocycles. The summed E-state index contributed by atoms with van der Waals surface area (Å²) in [4.78, 5) is 61.9. The third kappa shape index (κ3) is 5.25. The lowest BCUT2D eigenvalue weighted by Crippen LogP contribution is -2.54. The third-order valence-corrected chi connectivity index (χ3v) is 5.52. The van der Waals surface area contributed by atoms with Gasteiger partial charge < -0.3 is 10.6 Å². The molecule has 1 aromatic carbocycles. The van der Waals surface area contributed by atoms with Crippen LogP contribution in [0, 0.1) is 0 Å². The summed E-state index contributed by atoms with van der Waals surface area (Å²) in [5.41, 5.74) is 1.04. The number of anilines is 1. The molecule has 0 spiro atoms. The maximum atomic E-state index is 13.0. The van der Waals surface area contributed by atoms with Gasteiger partial charge in [-0.15, -0.1) is 0 Å². The highest BCUT2D eigenvalue weighted by Crippen LogP contribution is 2.32. The Labute approximate surface area is 185 Å². The average Bonchev–Trinajstić information content (AvgIpc) is 3.00. The molecule has 1 fully saturated rings. The molecule has 10 heteroatoms. The molecule has 2 heterocycles. The Morgan fingerprint density at radius 3 is 2.65 bits per heavy atom. The molecule has 1 saturated heterocycles. The molecule has 2 aliphatic rings. The van der Waals surface area contributed by atoms with Crippen molar-refractivity contribution in [2.45, 2.75) is 44.6 Å². The van der Waals surface area contributed by atoms with Gasteiger partial charge in [-0.2, -0.15) is 12.6 Å². The van der Waals surface area contributed by atoms with E-state index in [0.717, 1.165) is 24.2 Å². The van der Waals surface area contributed by atoms with Gasteiger partial charge in [0.15, 0.2) is 0 Å². The highest BCUT2D eigenvalue weighted by atomic mass is 32.1. The van der Waals surface area contributed by atoms with Crippen LogP contribution in [-0.2, 0) is 14.4 Å². The van der Waals surface area contributed by atoms with Crippen LogP contribution in [0.1, 0.15) is 59.2 Å². The van der Waals surface area contributed by atoms with Crippen LogP contribution in [0.15, 0.2) is 18.2 Å². The van der Waals surface area contributed by atoms with Gasteiger partial charge in [0.25, 0.3) is 11.8 Å². The van der Waals surface area contributed by atoms with E-state index in [0.29, 0.717) is 31.0 Å². The lowest BCUT2D eigenvalue weighted by molar-refractivity contribution is -0.136. The zero-order chi connectivity index (χ0) is 22.4. The molecule has 0 aromatic heterocycles. The first-order chi connectivity index (χ1) is 14.9. The Bertz CT molecular complexity index is 904. The predicted octanol–water partition coefficient (Wildman–Crippen LogP) is 1.11. The van der Waals surface area contributed by atoms with E-state index in [-0.39, 0.29) is 29.9 Å². The van der Waals surface area contributed by atoms with Crippen molar-refractivity contribution in [1.82, 2.24) is 15.5 Å². The summed E-state index contributed by atoms with van der Waals surface area (Å²) in [7, 11) is 0. The first-order valence-electron chi connectivity index (χ1n) is 10.4. The third-order valence-electron chi connectivity index (χ3n) is 5.30. The maximum absolute atomic E-state index is 13.0. The molecule has 0 radical (unpaired) electrons. The van der Waals surface area contributed by atoms with Crippen LogP contribution < -0.4 is 16.0 Å². The van der Waals surface area contributed by atoms with Gasteiger partial charge in [-0.05, 0) is 31.4 Å². The summed E-state index contributed by atoms with van der Waals surface area (Å²) in [6.07, 6.45) is 3.06. The minimum Gasteiger partial charge on any atom is -0.384 e. The van der Waals surface area contributed by atoms with Crippen molar-refractivity contribution in [3.8, 4) is 0 Å². The van der Waals surface area contributed by atoms with Gasteiger partial charge in [0, 0.05) is 37.4 Å². The molecule has 1 unspecified atom stereocenters. The summed E-state index contributed by atoms with van der Waals surface area (Å²) in [5, 5.41) is 8.16. The minimum atomic E-state index is -0.980.